The normalized spacial score (nSPS) is 15.2. The Hall–Kier alpha value is -2.80. The molecule has 26 heavy (non-hydrogen) atoms. The number of methoxy groups -OCH3 is 2. The molecule has 0 atom stereocenters. The lowest BCUT2D eigenvalue weighted by molar-refractivity contribution is 0.394. The number of ether oxygens (including phenoxy) is 2. The van der Waals surface area contributed by atoms with Gasteiger partial charge in [0.1, 0.15) is 17.3 Å². The second-order valence-electron chi connectivity index (χ2n) is 6.41. The molecule has 0 bridgehead atoms. The Morgan fingerprint density at radius 3 is 2.54 bits per heavy atom. The van der Waals surface area contributed by atoms with Gasteiger partial charge in [-0.1, -0.05) is 0 Å². The predicted octanol–water partition coefficient (Wildman–Crippen LogP) is 2.58. The van der Waals surface area contributed by atoms with Crippen LogP contribution in [-0.4, -0.2) is 47.9 Å². The van der Waals surface area contributed by atoms with Crippen LogP contribution in [0.3, 0.4) is 0 Å². The molecule has 1 saturated heterocycles. The van der Waals surface area contributed by atoms with Gasteiger partial charge in [0.2, 0.25) is 0 Å². The van der Waals surface area contributed by atoms with Crippen molar-refractivity contribution in [2.45, 2.75) is 18.9 Å². The molecule has 0 aliphatic carbocycles. The number of benzene rings is 1. The molecule has 3 aromatic rings. The highest BCUT2D eigenvalue weighted by Crippen LogP contribution is 2.31. The number of fused-ring (bicyclic) bond motifs is 1. The van der Waals surface area contributed by atoms with Crippen molar-refractivity contribution >= 4 is 11.5 Å². The van der Waals surface area contributed by atoms with Crippen LogP contribution in [0.4, 0.5) is 5.82 Å². The SMILES string of the molecule is COc1cc(OC)cc(-c2cnn3ccc(NC4CCNCC4)nc23)c1. The molecule has 0 spiro atoms. The maximum atomic E-state index is 5.39. The van der Waals surface area contributed by atoms with Crippen molar-refractivity contribution in [1.82, 2.24) is 19.9 Å². The first-order valence-corrected chi connectivity index (χ1v) is 8.82. The lowest BCUT2D eigenvalue weighted by Crippen LogP contribution is -2.35. The van der Waals surface area contributed by atoms with Crippen LogP contribution in [0, 0.1) is 0 Å². The molecule has 1 aliphatic heterocycles. The fraction of sp³-hybridized carbons (Fsp3) is 0.368. The standard InChI is InChI=1S/C19H23N5O2/c1-25-15-9-13(10-16(11-15)26-2)17-12-21-24-8-5-18(23-19(17)24)22-14-3-6-20-7-4-14/h5,8-12,14,20H,3-4,6-7H2,1-2H3,(H,22,23). The van der Waals surface area contributed by atoms with Crippen molar-refractivity contribution in [3.05, 3.63) is 36.7 Å². The molecule has 0 unspecified atom stereocenters. The van der Waals surface area contributed by atoms with Gasteiger partial charge in [-0.25, -0.2) is 9.50 Å². The summed E-state index contributed by atoms with van der Waals surface area (Å²) >= 11 is 0. The smallest absolute Gasteiger partial charge is 0.165 e. The summed E-state index contributed by atoms with van der Waals surface area (Å²) in [5.41, 5.74) is 2.71. The van der Waals surface area contributed by atoms with Crippen LogP contribution < -0.4 is 20.1 Å². The molecule has 1 aromatic carbocycles. The zero-order valence-electron chi connectivity index (χ0n) is 15.0. The Kier molecular flexibility index (Phi) is 4.62. The molecule has 3 heterocycles. The van der Waals surface area contributed by atoms with E-state index in [-0.39, 0.29) is 0 Å². The largest absolute Gasteiger partial charge is 0.497 e. The van der Waals surface area contributed by atoms with Crippen LogP contribution in [0.15, 0.2) is 36.7 Å². The Morgan fingerprint density at radius 2 is 1.85 bits per heavy atom. The monoisotopic (exact) mass is 353 g/mol. The van der Waals surface area contributed by atoms with E-state index in [9.17, 15) is 0 Å². The molecule has 0 saturated carbocycles. The fourth-order valence-electron chi connectivity index (χ4n) is 3.29. The van der Waals surface area contributed by atoms with E-state index in [0.29, 0.717) is 6.04 Å². The minimum absolute atomic E-state index is 0.453. The van der Waals surface area contributed by atoms with Crippen molar-refractivity contribution in [1.29, 1.82) is 0 Å². The molecule has 4 rings (SSSR count). The summed E-state index contributed by atoms with van der Waals surface area (Å²) in [6, 6.07) is 8.21. The quantitative estimate of drug-likeness (QED) is 0.735. The first kappa shape index (κ1) is 16.7. The highest BCUT2D eigenvalue weighted by atomic mass is 16.5. The van der Waals surface area contributed by atoms with Gasteiger partial charge in [0.15, 0.2) is 5.65 Å². The molecule has 0 radical (unpaired) electrons. The van der Waals surface area contributed by atoms with Crippen LogP contribution in [-0.2, 0) is 0 Å². The second-order valence-corrected chi connectivity index (χ2v) is 6.41. The lowest BCUT2D eigenvalue weighted by atomic mass is 10.1. The maximum absolute atomic E-state index is 5.39. The Labute approximate surface area is 152 Å². The van der Waals surface area contributed by atoms with Crippen molar-refractivity contribution in [2.75, 3.05) is 32.6 Å². The molecular formula is C19H23N5O2. The number of nitrogens with one attached hydrogen (secondary N) is 2. The van der Waals surface area contributed by atoms with Crippen molar-refractivity contribution in [3.63, 3.8) is 0 Å². The number of hydrogen-bond acceptors (Lipinski definition) is 6. The molecule has 2 aromatic heterocycles. The zero-order chi connectivity index (χ0) is 17.9. The van der Waals surface area contributed by atoms with Gasteiger partial charge in [-0.15, -0.1) is 0 Å². The molecular weight excluding hydrogens is 330 g/mol. The number of piperidine rings is 1. The summed E-state index contributed by atoms with van der Waals surface area (Å²) in [6.45, 7) is 2.09. The third kappa shape index (κ3) is 3.30. The molecule has 7 nitrogen and oxygen atoms in total. The third-order valence-corrected chi connectivity index (χ3v) is 4.72. The Morgan fingerprint density at radius 1 is 1.12 bits per heavy atom. The zero-order valence-corrected chi connectivity index (χ0v) is 15.0. The summed E-state index contributed by atoms with van der Waals surface area (Å²) in [5, 5.41) is 11.4. The van der Waals surface area contributed by atoms with E-state index in [2.05, 4.69) is 15.7 Å². The van der Waals surface area contributed by atoms with E-state index in [0.717, 1.165) is 60.0 Å². The minimum atomic E-state index is 0.453. The topological polar surface area (TPSA) is 72.7 Å². The fourth-order valence-corrected chi connectivity index (χ4v) is 3.29. The second kappa shape index (κ2) is 7.21. The molecule has 7 heteroatoms. The van der Waals surface area contributed by atoms with Crippen molar-refractivity contribution < 1.29 is 9.47 Å². The summed E-state index contributed by atoms with van der Waals surface area (Å²) in [7, 11) is 3.29. The van der Waals surface area contributed by atoms with E-state index >= 15 is 0 Å². The number of rotatable bonds is 5. The third-order valence-electron chi connectivity index (χ3n) is 4.72. The van der Waals surface area contributed by atoms with E-state index in [1.807, 2.05) is 36.7 Å². The Bertz CT molecular complexity index is 880. The first-order chi connectivity index (χ1) is 12.8. The van der Waals surface area contributed by atoms with Crippen LogP contribution in [0.25, 0.3) is 16.8 Å². The molecule has 1 fully saturated rings. The van der Waals surface area contributed by atoms with Crippen LogP contribution in [0.5, 0.6) is 11.5 Å². The van der Waals surface area contributed by atoms with Gasteiger partial charge < -0.3 is 20.1 Å². The van der Waals surface area contributed by atoms with E-state index in [4.69, 9.17) is 14.5 Å². The first-order valence-electron chi connectivity index (χ1n) is 8.82. The number of hydrogen-bond donors (Lipinski definition) is 2. The van der Waals surface area contributed by atoms with Gasteiger partial charge in [0.25, 0.3) is 0 Å². The summed E-state index contributed by atoms with van der Waals surface area (Å²) in [6.07, 6.45) is 5.97. The van der Waals surface area contributed by atoms with Crippen molar-refractivity contribution in [2.24, 2.45) is 0 Å². The Balaban J connectivity index is 1.70. The van der Waals surface area contributed by atoms with E-state index in [1.54, 1.807) is 18.7 Å². The average Bonchev–Trinajstić information content (AvgIpc) is 3.11. The molecule has 2 N–H and O–H groups in total. The lowest BCUT2D eigenvalue weighted by Gasteiger charge is -2.24. The van der Waals surface area contributed by atoms with Gasteiger partial charge in [-0.3, -0.25) is 0 Å². The number of nitrogens with zero attached hydrogens (tertiary/aromatic N) is 3. The summed E-state index contributed by atoms with van der Waals surface area (Å²) < 4.78 is 12.6. The van der Waals surface area contributed by atoms with E-state index in [1.165, 1.54) is 0 Å². The van der Waals surface area contributed by atoms with Gasteiger partial charge in [0, 0.05) is 23.9 Å². The van der Waals surface area contributed by atoms with E-state index < -0.39 is 0 Å². The van der Waals surface area contributed by atoms with Gasteiger partial charge >= 0.3 is 0 Å². The highest BCUT2D eigenvalue weighted by Gasteiger charge is 2.15. The molecule has 1 aliphatic rings. The van der Waals surface area contributed by atoms with Crippen LogP contribution >= 0.6 is 0 Å². The number of aromatic nitrogens is 3. The molecule has 0 amide bonds. The predicted molar refractivity (Wildman–Crippen MR) is 101 cm³/mol. The average molecular weight is 353 g/mol. The summed E-state index contributed by atoms with van der Waals surface area (Å²) in [5.74, 6) is 2.35. The van der Waals surface area contributed by atoms with Crippen LogP contribution in [0.2, 0.25) is 0 Å². The number of anilines is 1. The molecule has 136 valence electrons. The van der Waals surface area contributed by atoms with Gasteiger partial charge in [-0.2, -0.15) is 5.10 Å². The maximum Gasteiger partial charge on any atom is 0.165 e. The van der Waals surface area contributed by atoms with Gasteiger partial charge in [0.05, 0.1) is 20.4 Å². The van der Waals surface area contributed by atoms with Crippen LogP contribution in [0.1, 0.15) is 12.8 Å². The highest BCUT2D eigenvalue weighted by molar-refractivity contribution is 5.79. The van der Waals surface area contributed by atoms with Gasteiger partial charge in [-0.05, 0) is 49.7 Å². The minimum Gasteiger partial charge on any atom is -0.497 e. The summed E-state index contributed by atoms with van der Waals surface area (Å²) in [4.78, 5) is 4.80. The van der Waals surface area contributed by atoms with Crippen molar-refractivity contribution in [3.8, 4) is 22.6 Å².